The van der Waals surface area contributed by atoms with Crippen LogP contribution in [-0.2, 0) is 14.3 Å². The molecule has 1 aliphatic rings. The minimum atomic E-state index is -0.406. The fourth-order valence-electron chi connectivity index (χ4n) is 2.33. The molecule has 0 radical (unpaired) electrons. The quantitative estimate of drug-likeness (QED) is 0.896. The molecular formula is C15H19FN2O3. The second kappa shape index (κ2) is 6.67. The highest BCUT2D eigenvalue weighted by Gasteiger charge is 2.34. The van der Waals surface area contributed by atoms with Crippen molar-refractivity contribution in [2.75, 3.05) is 32.1 Å². The summed E-state index contributed by atoms with van der Waals surface area (Å²) in [5.41, 5.74) is 1.23. The zero-order chi connectivity index (χ0) is 15.4. The largest absolute Gasteiger partial charge is 0.383 e. The Kier molecular flexibility index (Phi) is 4.90. The smallest absolute Gasteiger partial charge is 0.229 e. The van der Waals surface area contributed by atoms with Crippen LogP contribution in [0.1, 0.15) is 12.0 Å². The number of benzene rings is 1. The van der Waals surface area contributed by atoms with Crippen LogP contribution in [0.25, 0.3) is 0 Å². The van der Waals surface area contributed by atoms with Gasteiger partial charge in [0.1, 0.15) is 5.82 Å². The predicted molar refractivity (Wildman–Crippen MR) is 76.3 cm³/mol. The van der Waals surface area contributed by atoms with Gasteiger partial charge in [-0.3, -0.25) is 9.59 Å². The molecular weight excluding hydrogens is 275 g/mol. The van der Waals surface area contributed by atoms with Gasteiger partial charge in [0.05, 0.1) is 12.5 Å². The fourth-order valence-corrected chi connectivity index (χ4v) is 2.33. The van der Waals surface area contributed by atoms with Crippen molar-refractivity contribution >= 4 is 17.5 Å². The van der Waals surface area contributed by atoms with E-state index in [9.17, 15) is 14.0 Å². The number of carbonyl (C=O) groups is 2. The van der Waals surface area contributed by atoms with Crippen molar-refractivity contribution < 1.29 is 18.7 Å². The number of ether oxygens (including phenoxy) is 1. The molecule has 2 rings (SSSR count). The van der Waals surface area contributed by atoms with Crippen LogP contribution in [0, 0.1) is 18.7 Å². The highest BCUT2D eigenvalue weighted by atomic mass is 19.1. The molecule has 1 unspecified atom stereocenters. The molecule has 1 aromatic carbocycles. The van der Waals surface area contributed by atoms with Crippen LogP contribution in [0.15, 0.2) is 18.2 Å². The summed E-state index contributed by atoms with van der Waals surface area (Å²) in [5.74, 6) is -1.11. The number of amides is 2. The Balaban J connectivity index is 1.98. The van der Waals surface area contributed by atoms with Crippen LogP contribution >= 0.6 is 0 Å². The maximum Gasteiger partial charge on any atom is 0.229 e. The summed E-state index contributed by atoms with van der Waals surface area (Å²) < 4.78 is 18.1. The van der Waals surface area contributed by atoms with Gasteiger partial charge < -0.3 is 15.0 Å². The summed E-state index contributed by atoms with van der Waals surface area (Å²) in [6.07, 6.45) is 0.184. The van der Waals surface area contributed by atoms with Gasteiger partial charge in [0, 0.05) is 32.3 Å². The summed E-state index contributed by atoms with van der Waals surface area (Å²) >= 11 is 0. The molecule has 1 heterocycles. The monoisotopic (exact) mass is 294 g/mol. The zero-order valence-corrected chi connectivity index (χ0v) is 12.2. The predicted octanol–water partition coefficient (Wildman–Crippen LogP) is 1.57. The van der Waals surface area contributed by atoms with Crippen molar-refractivity contribution in [3.05, 3.63) is 29.6 Å². The van der Waals surface area contributed by atoms with Crippen molar-refractivity contribution in [2.45, 2.75) is 13.3 Å². The van der Waals surface area contributed by atoms with Crippen LogP contribution in [0.3, 0.4) is 0 Å². The molecule has 1 aromatic rings. The lowest BCUT2D eigenvalue weighted by atomic mass is 10.1. The number of hydrogen-bond acceptors (Lipinski definition) is 3. The highest BCUT2D eigenvalue weighted by Crippen LogP contribution is 2.21. The summed E-state index contributed by atoms with van der Waals surface area (Å²) in [6, 6.07) is 4.24. The zero-order valence-electron chi connectivity index (χ0n) is 12.2. The maximum atomic E-state index is 13.2. The van der Waals surface area contributed by atoms with E-state index in [1.54, 1.807) is 25.0 Å². The third kappa shape index (κ3) is 3.78. The number of carbonyl (C=O) groups excluding carboxylic acids is 2. The summed E-state index contributed by atoms with van der Waals surface area (Å²) in [7, 11) is 1.57. The molecule has 0 bridgehead atoms. The summed E-state index contributed by atoms with van der Waals surface area (Å²) in [4.78, 5) is 25.6. The summed E-state index contributed by atoms with van der Waals surface area (Å²) in [6.45, 7) is 3.10. The number of nitrogens with one attached hydrogen (secondary N) is 1. The lowest BCUT2D eigenvalue weighted by Crippen LogP contribution is -2.30. The topological polar surface area (TPSA) is 58.6 Å². The molecule has 0 saturated carbocycles. The van der Waals surface area contributed by atoms with E-state index < -0.39 is 11.7 Å². The molecule has 0 aromatic heterocycles. The van der Waals surface area contributed by atoms with E-state index in [2.05, 4.69) is 5.32 Å². The number of rotatable bonds is 5. The molecule has 1 aliphatic heterocycles. The van der Waals surface area contributed by atoms with Gasteiger partial charge >= 0.3 is 0 Å². The van der Waals surface area contributed by atoms with Crippen LogP contribution in [-0.4, -0.2) is 43.5 Å². The van der Waals surface area contributed by atoms with Gasteiger partial charge in [0.25, 0.3) is 0 Å². The number of nitrogens with zero attached hydrogens (tertiary/aromatic N) is 1. The Hall–Kier alpha value is -1.95. The Labute approximate surface area is 123 Å². The Bertz CT molecular complexity index is 548. The third-order valence-corrected chi connectivity index (χ3v) is 3.61. The lowest BCUT2D eigenvalue weighted by molar-refractivity contribution is -0.128. The van der Waals surface area contributed by atoms with Crippen LogP contribution in [0.2, 0.25) is 0 Å². The standard InChI is InChI=1S/C15H19FN2O3/c1-10-3-4-12(16)8-13(10)17-15(20)11-7-14(19)18(9-11)5-6-21-2/h3-4,8,11H,5-7,9H2,1-2H3,(H,17,20). The molecule has 6 heteroatoms. The molecule has 1 fully saturated rings. The molecule has 114 valence electrons. The van der Waals surface area contributed by atoms with Crippen molar-refractivity contribution in [3.8, 4) is 0 Å². The minimum absolute atomic E-state index is 0.0526. The number of halogens is 1. The first-order valence-electron chi connectivity index (χ1n) is 6.85. The second-order valence-electron chi connectivity index (χ2n) is 5.18. The normalized spacial score (nSPS) is 18.1. The van der Waals surface area contributed by atoms with Gasteiger partial charge in [-0.1, -0.05) is 6.07 Å². The van der Waals surface area contributed by atoms with Crippen LogP contribution < -0.4 is 5.32 Å². The Morgan fingerprint density at radius 3 is 3.00 bits per heavy atom. The van der Waals surface area contributed by atoms with Crippen molar-refractivity contribution in [1.82, 2.24) is 4.90 Å². The first-order chi connectivity index (χ1) is 10.0. The van der Waals surface area contributed by atoms with Gasteiger partial charge in [-0.15, -0.1) is 0 Å². The molecule has 1 saturated heterocycles. The number of methoxy groups -OCH3 is 1. The van der Waals surface area contributed by atoms with E-state index in [4.69, 9.17) is 4.74 Å². The van der Waals surface area contributed by atoms with Crippen LogP contribution in [0.4, 0.5) is 10.1 Å². The maximum absolute atomic E-state index is 13.2. The van der Waals surface area contributed by atoms with Gasteiger partial charge in [0.2, 0.25) is 11.8 Å². The third-order valence-electron chi connectivity index (χ3n) is 3.61. The molecule has 5 nitrogen and oxygen atoms in total. The van der Waals surface area contributed by atoms with E-state index in [0.717, 1.165) is 5.56 Å². The molecule has 2 amide bonds. The van der Waals surface area contributed by atoms with Crippen molar-refractivity contribution in [1.29, 1.82) is 0 Å². The van der Waals surface area contributed by atoms with Gasteiger partial charge in [-0.05, 0) is 24.6 Å². The number of likely N-dealkylation sites (tertiary alicyclic amines) is 1. The van der Waals surface area contributed by atoms with Gasteiger partial charge in [-0.25, -0.2) is 4.39 Å². The first-order valence-corrected chi connectivity index (χ1v) is 6.85. The van der Waals surface area contributed by atoms with Gasteiger partial charge in [-0.2, -0.15) is 0 Å². The van der Waals surface area contributed by atoms with E-state index in [1.807, 2.05) is 0 Å². The van der Waals surface area contributed by atoms with Gasteiger partial charge in [0.15, 0.2) is 0 Å². The van der Waals surface area contributed by atoms with E-state index in [-0.39, 0.29) is 18.2 Å². The van der Waals surface area contributed by atoms with Crippen LogP contribution in [0.5, 0.6) is 0 Å². The number of aryl methyl sites for hydroxylation is 1. The van der Waals surface area contributed by atoms with E-state index in [1.165, 1.54) is 12.1 Å². The molecule has 21 heavy (non-hydrogen) atoms. The van der Waals surface area contributed by atoms with Crippen molar-refractivity contribution in [2.24, 2.45) is 5.92 Å². The Morgan fingerprint density at radius 2 is 2.29 bits per heavy atom. The SMILES string of the molecule is COCCN1CC(C(=O)Nc2cc(F)ccc2C)CC1=O. The minimum Gasteiger partial charge on any atom is -0.383 e. The lowest BCUT2D eigenvalue weighted by Gasteiger charge is -2.16. The van der Waals surface area contributed by atoms with E-state index >= 15 is 0 Å². The second-order valence-corrected chi connectivity index (χ2v) is 5.18. The summed E-state index contributed by atoms with van der Waals surface area (Å²) in [5, 5.41) is 2.70. The molecule has 1 N–H and O–H groups in total. The number of hydrogen-bond donors (Lipinski definition) is 1. The fraction of sp³-hybridized carbons (Fsp3) is 0.467. The molecule has 1 atom stereocenters. The van der Waals surface area contributed by atoms with Crippen molar-refractivity contribution in [3.63, 3.8) is 0 Å². The average molecular weight is 294 g/mol. The molecule has 0 aliphatic carbocycles. The Morgan fingerprint density at radius 1 is 1.52 bits per heavy atom. The average Bonchev–Trinajstić information content (AvgIpc) is 2.82. The highest BCUT2D eigenvalue weighted by molar-refractivity contribution is 5.97. The molecule has 0 spiro atoms. The first kappa shape index (κ1) is 15.4. The number of anilines is 1. The van der Waals surface area contributed by atoms with E-state index in [0.29, 0.717) is 25.4 Å².